The summed E-state index contributed by atoms with van der Waals surface area (Å²) < 4.78 is 9.37. The monoisotopic (exact) mass is 356 g/mol. The van der Waals surface area contributed by atoms with E-state index in [0.717, 1.165) is 18.5 Å². The summed E-state index contributed by atoms with van der Waals surface area (Å²) in [4.78, 5) is 23.0. The molecular weight excluding hydrogens is 332 g/mol. The third-order valence-electron chi connectivity index (χ3n) is 3.97. The van der Waals surface area contributed by atoms with Crippen molar-refractivity contribution >= 4 is 11.9 Å². The van der Waals surface area contributed by atoms with Gasteiger partial charge in [0.2, 0.25) is 0 Å². The summed E-state index contributed by atoms with van der Waals surface area (Å²) in [6, 6.07) is 10.2. The summed E-state index contributed by atoms with van der Waals surface area (Å²) in [7, 11) is 2.69. The first-order chi connectivity index (χ1) is 12.6. The molecule has 2 rings (SSSR count). The molecule has 0 amide bonds. The maximum absolute atomic E-state index is 11.6. The van der Waals surface area contributed by atoms with E-state index in [4.69, 9.17) is 4.74 Å². The zero-order valence-electron chi connectivity index (χ0n) is 15.1. The number of hydrogen-bond donors (Lipinski definition) is 1. The molecule has 1 N–H and O–H groups in total. The van der Waals surface area contributed by atoms with E-state index in [0.29, 0.717) is 0 Å². The van der Waals surface area contributed by atoms with Crippen LogP contribution in [0.15, 0.2) is 66.5 Å². The SMILES string of the molecule is COC(=O)/C=C/C1=CN(NCCc2ccccc2)C=CC1CC(=O)OC. The Hall–Kier alpha value is -2.86. The van der Waals surface area contributed by atoms with Gasteiger partial charge in [-0.15, -0.1) is 0 Å². The Balaban J connectivity index is 1.99. The van der Waals surface area contributed by atoms with Gasteiger partial charge in [-0.05, 0) is 23.6 Å². The highest BCUT2D eigenvalue weighted by Crippen LogP contribution is 2.23. The molecule has 0 saturated carbocycles. The molecule has 26 heavy (non-hydrogen) atoms. The number of nitrogens with zero attached hydrogens (tertiary/aromatic N) is 1. The van der Waals surface area contributed by atoms with Gasteiger partial charge in [-0.25, -0.2) is 10.2 Å². The summed E-state index contributed by atoms with van der Waals surface area (Å²) in [6.45, 7) is 0.751. The number of allylic oxidation sites excluding steroid dienone is 3. The van der Waals surface area contributed by atoms with Crippen molar-refractivity contribution in [3.63, 3.8) is 0 Å². The summed E-state index contributed by atoms with van der Waals surface area (Å²) in [5.41, 5.74) is 5.36. The summed E-state index contributed by atoms with van der Waals surface area (Å²) in [6.07, 6.45) is 9.74. The molecule has 0 fully saturated rings. The number of hydrazine groups is 1. The van der Waals surface area contributed by atoms with Gasteiger partial charge in [0.25, 0.3) is 0 Å². The predicted molar refractivity (Wildman–Crippen MR) is 98.5 cm³/mol. The number of nitrogens with one attached hydrogen (secondary N) is 1. The van der Waals surface area contributed by atoms with Crippen LogP contribution < -0.4 is 5.43 Å². The smallest absolute Gasteiger partial charge is 0.330 e. The Bertz CT molecular complexity index is 695. The topological polar surface area (TPSA) is 67.9 Å². The number of carbonyl (C=O) groups excluding carboxylic acids is 2. The molecule has 0 bridgehead atoms. The van der Waals surface area contributed by atoms with Crippen LogP contribution >= 0.6 is 0 Å². The summed E-state index contributed by atoms with van der Waals surface area (Å²) in [5.74, 6) is -0.904. The van der Waals surface area contributed by atoms with Gasteiger partial charge in [0.1, 0.15) is 0 Å². The van der Waals surface area contributed by atoms with E-state index in [1.54, 1.807) is 6.08 Å². The second kappa shape index (κ2) is 10.2. The van der Waals surface area contributed by atoms with Crippen molar-refractivity contribution in [2.45, 2.75) is 12.8 Å². The minimum absolute atomic E-state index is 0.157. The lowest BCUT2D eigenvalue weighted by molar-refractivity contribution is -0.141. The summed E-state index contributed by atoms with van der Waals surface area (Å²) in [5, 5.41) is 1.83. The minimum Gasteiger partial charge on any atom is -0.469 e. The molecule has 6 heteroatoms. The average Bonchev–Trinajstić information content (AvgIpc) is 2.68. The molecular formula is C20H24N2O4. The third-order valence-corrected chi connectivity index (χ3v) is 3.97. The fourth-order valence-electron chi connectivity index (χ4n) is 2.53. The van der Waals surface area contributed by atoms with E-state index < -0.39 is 5.97 Å². The lowest BCUT2D eigenvalue weighted by Crippen LogP contribution is -2.33. The molecule has 1 atom stereocenters. The number of esters is 2. The van der Waals surface area contributed by atoms with E-state index in [9.17, 15) is 9.59 Å². The van der Waals surface area contributed by atoms with E-state index >= 15 is 0 Å². The van der Waals surface area contributed by atoms with E-state index in [1.807, 2.05) is 41.7 Å². The van der Waals surface area contributed by atoms with E-state index in [1.165, 1.54) is 25.9 Å². The van der Waals surface area contributed by atoms with Crippen molar-refractivity contribution in [1.82, 2.24) is 10.4 Å². The van der Waals surface area contributed by atoms with Gasteiger partial charge in [-0.1, -0.05) is 36.4 Å². The molecule has 1 heterocycles. The van der Waals surface area contributed by atoms with Crippen LogP contribution in [0.5, 0.6) is 0 Å². The van der Waals surface area contributed by atoms with Gasteiger partial charge in [-0.2, -0.15) is 0 Å². The third kappa shape index (κ3) is 6.22. The molecule has 138 valence electrons. The van der Waals surface area contributed by atoms with Crippen LogP contribution in [-0.2, 0) is 25.5 Å². The van der Waals surface area contributed by atoms with Crippen molar-refractivity contribution < 1.29 is 19.1 Å². The number of carbonyl (C=O) groups is 2. The van der Waals surface area contributed by atoms with E-state index in [-0.39, 0.29) is 18.3 Å². The van der Waals surface area contributed by atoms with Crippen molar-refractivity contribution in [3.8, 4) is 0 Å². The van der Waals surface area contributed by atoms with Crippen LogP contribution in [0.2, 0.25) is 0 Å². The number of hydrogen-bond acceptors (Lipinski definition) is 6. The Morgan fingerprint density at radius 2 is 1.96 bits per heavy atom. The van der Waals surface area contributed by atoms with Gasteiger partial charge < -0.3 is 9.47 Å². The molecule has 0 aliphatic carbocycles. The maximum Gasteiger partial charge on any atom is 0.330 e. The highest BCUT2D eigenvalue weighted by atomic mass is 16.5. The Labute approximate surface area is 153 Å². The quantitative estimate of drug-likeness (QED) is 0.570. The zero-order chi connectivity index (χ0) is 18.8. The standard InChI is InChI=1S/C20H24N2O4/c1-25-19(23)9-8-18-15-22(13-11-17(18)14-20(24)26-2)21-12-10-16-6-4-3-5-7-16/h3-9,11,13,15,17,21H,10,12,14H2,1-2H3/b9-8+. The van der Waals surface area contributed by atoms with Gasteiger partial charge >= 0.3 is 11.9 Å². The number of methoxy groups -OCH3 is 2. The molecule has 1 aromatic rings. The number of ether oxygens (including phenoxy) is 2. The van der Waals surface area contributed by atoms with Crippen LogP contribution in [0.1, 0.15) is 12.0 Å². The van der Waals surface area contributed by atoms with Crippen LogP contribution in [0.25, 0.3) is 0 Å². The Morgan fingerprint density at radius 3 is 2.65 bits per heavy atom. The van der Waals surface area contributed by atoms with Crippen LogP contribution in [0, 0.1) is 5.92 Å². The molecule has 0 spiro atoms. The molecule has 1 aromatic carbocycles. The molecule has 6 nitrogen and oxygen atoms in total. The zero-order valence-corrected chi connectivity index (χ0v) is 15.1. The predicted octanol–water partition coefficient (Wildman–Crippen LogP) is 2.36. The van der Waals surface area contributed by atoms with E-state index in [2.05, 4.69) is 22.3 Å². The first kappa shape index (κ1) is 19.5. The molecule has 0 radical (unpaired) electrons. The minimum atomic E-state index is -0.444. The normalized spacial score (nSPS) is 16.5. The van der Waals surface area contributed by atoms with Crippen LogP contribution in [-0.4, -0.2) is 37.7 Å². The fourth-order valence-corrected chi connectivity index (χ4v) is 2.53. The lowest BCUT2D eigenvalue weighted by Gasteiger charge is -2.26. The van der Waals surface area contributed by atoms with Crippen molar-refractivity contribution in [1.29, 1.82) is 0 Å². The first-order valence-electron chi connectivity index (χ1n) is 8.41. The molecule has 0 aromatic heterocycles. The second-order valence-corrected chi connectivity index (χ2v) is 5.76. The molecule has 1 aliphatic rings. The van der Waals surface area contributed by atoms with Gasteiger partial charge in [0.05, 0.1) is 20.6 Å². The van der Waals surface area contributed by atoms with Crippen LogP contribution in [0.3, 0.4) is 0 Å². The van der Waals surface area contributed by atoms with Crippen molar-refractivity contribution in [2.24, 2.45) is 5.92 Å². The Morgan fingerprint density at radius 1 is 1.19 bits per heavy atom. The highest BCUT2D eigenvalue weighted by Gasteiger charge is 2.19. The number of benzene rings is 1. The Kier molecular flexibility index (Phi) is 7.64. The van der Waals surface area contributed by atoms with Gasteiger partial charge in [0, 0.05) is 30.9 Å². The fraction of sp³-hybridized carbons (Fsp3) is 0.300. The lowest BCUT2D eigenvalue weighted by atomic mass is 9.94. The second-order valence-electron chi connectivity index (χ2n) is 5.76. The van der Waals surface area contributed by atoms with Crippen molar-refractivity contribution in [2.75, 3.05) is 20.8 Å². The largest absolute Gasteiger partial charge is 0.469 e. The first-order valence-corrected chi connectivity index (χ1v) is 8.41. The molecule has 1 aliphatic heterocycles. The number of rotatable bonds is 8. The van der Waals surface area contributed by atoms with Crippen LogP contribution in [0.4, 0.5) is 0 Å². The van der Waals surface area contributed by atoms with Crippen molar-refractivity contribution in [3.05, 3.63) is 72.1 Å². The maximum atomic E-state index is 11.6. The highest BCUT2D eigenvalue weighted by molar-refractivity contribution is 5.82. The molecule has 0 saturated heterocycles. The summed E-state index contributed by atoms with van der Waals surface area (Å²) >= 11 is 0. The van der Waals surface area contributed by atoms with Gasteiger partial charge in [0.15, 0.2) is 0 Å². The average molecular weight is 356 g/mol. The van der Waals surface area contributed by atoms with Gasteiger partial charge in [-0.3, -0.25) is 9.80 Å². The molecule has 1 unspecified atom stereocenters.